The number of nitrogens with zero attached hydrogens (tertiary/aromatic N) is 5. The molecule has 4 aromatic rings. The van der Waals surface area contributed by atoms with Crippen molar-refractivity contribution in [2.75, 3.05) is 25.1 Å². The largest absolute Gasteiger partial charge is 0.478 e. The lowest BCUT2D eigenvalue weighted by molar-refractivity contribution is -0.0591. The Labute approximate surface area is 244 Å². The minimum atomic E-state index is -0.950. The van der Waals surface area contributed by atoms with Crippen LogP contribution in [0.3, 0.4) is 0 Å². The Morgan fingerprint density at radius 2 is 1.95 bits per heavy atom. The molecule has 0 saturated carbocycles. The Balaban J connectivity index is 1.17. The van der Waals surface area contributed by atoms with E-state index in [0.717, 1.165) is 55.1 Å². The number of aromatic nitrogens is 3. The standard InChI is InChI=1S/C32H36FN5O4/c1-21-10-12-24(38(21)29-8-5-9-31(35-29)42-20-23-6-3-4-7-26(23)33)17-36(2)19-30-34-27-13-11-22(32(39)40)16-28(27)37(30)18-25-14-15-41-25/h3-9,11,13,16,21,24-25H,10,12,14-15,17-20H2,1-2H3,(H,39,40). The average Bonchev–Trinajstić information content (AvgIpc) is 3.48. The maximum absolute atomic E-state index is 14.1. The predicted molar refractivity (Wildman–Crippen MR) is 157 cm³/mol. The molecule has 0 bridgehead atoms. The fourth-order valence-electron chi connectivity index (χ4n) is 5.99. The fourth-order valence-corrected chi connectivity index (χ4v) is 5.99. The first-order valence-electron chi connectivity index (χ1n) is 14.5. The van der Waals surface area contributed by atoms with Gasteiger partial charge in [0.1, 0.15) is 24.1 Å². The third-order valence-corrected chi connectivity index (χ3v) is 8.28. The highest BCUT2D eigenvalue weighted by Crippen LogP contribution is 2.31. The zero-order valence-electron chi connectivity index (χ0n) is 23.9. The van der Waals surface area contributed by atoms with Gasteiger partial charge in [-0.25, -0.2) is 14.2 Å². The molecule has 3 atom stereocenters. The number of carbonyl (C=O) groups is 1. The molecule has 10 heteroatoms. The van der Waals surface area contributed by atoms with Crippen LogP contribution in [-0.4, -0.2) is 68.9 Å². The number of halogens is 1. The summed E-state index contributed by atoms with van der Waals surface area (Å²) in [7, 11) is 2.09. The number of likely N-dealkylation sites (N-methyl/N-ethyl adjacent to an activating group) is 1. The third-order valence-electron chi connectivity index (χ3n) is 8.28. The molecule has 9 nitrogen and oxygen atoms in total. The van der Waals surface area contributed by atoms with Crippen molar-refractivity contribution >= 4 is 22.8 Å². The van der Waals surface area contributed by atoms with E-state index >= 15 is 0 Å². The van der Waals surface area contributed by atoms with Crippen molar-refractivity contribution in [3.05, 3.63) is 83.4 Å². The van der Waals surface area contributed by atoms with E-state index < -0.39 is 5.97 Å². The van der Waals surface area contributed by atoms with Gasteiger partial charge in [0, 0.05) is 36.9 Å². The van der Waals surface area contributed by atoms with Gasteiger partial charge in [0.2, 0.25) is 5.88 Å². The van der Waals surface area contributed by atoms with E-state index in [1.165, 1.54) is 6.07 Å². The van der Waals surface area contributed by atoms with Gasteiger partial charge in [-0.15, -0.1) is 0 Å². The van der Waals surface area contributed by atoms with Crippen molar-refractivity contribution in [2.45, 2.75) is 64.1 Å². The topological polar surface area (TPSA) is 93.0 Å². The molecule has 0 amide bonds. The summed E-state index contributed by atoms with van der Waals surface area (Å²) in [5.74, 6) is 0.967. The summed E-state index contributed by atoms with van der Waals surface area (Å²) in [6.07, 6.45) is 3.18. The first-order valence-corrected chi connectivity index (χ1v) is 14.5. The fraction of sp³-hybridized carbons (Fsp3) is 0.406. The number of fused-ring (bicyclic) bond motifs is 1. The van der Waals surface area contributed by atoms with Gasteiger partial charge in [0.05, 0.1) is 35.8 Å². The van der Waals surface area contributed by atoms with Gasteiger partial charge in [0.15, 0.2) is 0 Å². The minimum absolute atomic E-state index is 0.116. The molecule has 0 radical (unpaired) electrons. The number of pyridine rings is 1. The summed E-state index contributed by atoms with van der Waals surface area (Å²) in [5.41, 5.74) is 2.35. The number of rotatable bonds is 11. The Morgan fingerprint density at radius 1 is 1.12 bits per heavy atom. The smallest absolute Gasteiger partial charge is 0.335 e. The van der Waals surface area contributed by atoms with Crippen LogP contribution in [0.4, 0.5) is 10.2 Å². The Kier molecular flexibility index (Phi) is 8.08. The molecule has 2 aliphatic rings. The van der Waals surface area contributed by atoms with Gasteiger partial charge in [-0.1, -0.05) is 24.3 Å². The van der Waals surface area contributed by atoms with Gasteiger partial charge in [-0.3, -0.25) is 4.90 Å². The SMILES string of the molecule is CC1CCC(CN(C)Cc2nc3ccc(C(=O)O)cc3n2CC2CCO2)N1c1cccc(OCc2ccccc2F)n1. The van der Waals surface area contributed by atoms with Crippen LogP contribution >= 0.6 is 0 Å². The number of imidazole rings is 1. The molecule has 1 N–H and O–H groups in total. The molecule has 6 rings (SSSR count). The van der Waals surface area contributed by atoms with E-state index in [1.807, 2.05) is 12.1 Å². The number of anilines is 1. The molecule has 2 aliphatic heterocycles. The summed E-state index contributed by atoms with van der Waals surface area (Å²) < 4.78 is 27.8. The lowest BCUT2D eigenvalue weighted by atomic mass is 10.1. The van der Waals surface area contributed by atoms with Crippen LogP contribution in [-0.2, 0) is 24.4 Å². The molecule has 2 fully saturated rings. The van der Waals surface area contributed by atoms with Crippen LogP contribution in [0.25, 0.3) is 11.0 Å². The predicted octanol–water partition coefficient (Wildman–Crippen LogP) is 5.13. The van der Waals surface area contributed by atoms with Crippen molar-refractivity contribution in [3.63, 3.8) is 0 Å². The summed E-state index contributed by atoms with van der Waals surface area (Å²) in [6.45, 7) is 5.15. The van der Waals surface area contributed by atoms with E-state index in [-0.39, 0.29) is 30.1 Å². The van der Waals surface area contributed by atoms with Crippen molar-refractivity contribution in [2.24, 2.45) is 0 Å². The first kappa shape index (κ1) is 28.1. The maximum atomic E-state index is 14.1. The molecule has 2 aromatic heterocycles. The van der Waals surface area contributed by atoms with Crippen LogP contribution < -0.4 is 9.64 Å². The van der Waals surface area contributed by atoms with Crippen LogP contribution in [0.15, 0.2) is 60.7 Å². The van der Waals surface area contributed by atoms with Gasteiger partial charge in [0.25, 0.3) is 0 Å². The third kappa shape index (κ3) is 5.96. The Hall–Kier alpha value is -4.02. The minimum Gasteiger partial charge on any atom is -0.478 e. The molecule has 0 aliphatic carbocycles. The zero-order chi connectivity index (χ0) is 29.2. The van der Waals surface area contributed by atoms with Crippen molar-refractivity contribution in [3.8, 4) is 5.88 Å². The number of aromatic carboxylic acids is 1. The summed E-state index contributed by atoms with van der Waals surface area (Å²) in [6, 6.07) is 18.0. The second-order valence-electron chi connectivity index (χ2n) is 11.3. The normalized spacial score (nSPS) is 20.3. The first-order chi connectivity index (χ1) is 20.4. The molecule has 3 unspecified atom stereocenters. The van der Waals surface area contributed by atoms with Crippen LogP contribution in [0, 0.1) is 5.82 Å². The highest BCUT2D eigenvalue weighted by Gasteiger charge is 2.33. The maximum Gasteiger partial charge on any atom is 0.335 e. The van der Waals surface area contributed by atoms with Gasteiger partial charge >= 0.3 is 5.97 Å². The van der Waals surface area contributed by atoms with Crippen LogP contribution in [0.2, 0.25) is 0 Å². The van der Waals surface area contributed by atoms with Crippen LogP contribution in [0.5, 0.6) is 5.88 Å². The second-order valence-corrected chi connectivity index (χ2v) is 11.3. The molecule has 2 aromatic carbocycles. The number of benzene rings is 2. The molecule has 0 spiro atoms. The number of carboxylic acid groups (broad SMARTS) is 1. The van der Waals surface area contributed by atoms with E-state index in [4.69, 9.17) is 19.4 Å². The van der Waals surface area contributed by atoms with E-state index in [1.54, 1.807) is 42.5 Å². The summed E-state index contributed by atoms with van der Waals surface area (Å²) in [4.78, 5) is 26.0. The van der Waals surface area contributed by atoms with Crippen molar-refractivity contribution in [1.29, 1.82) is 0 Å². The number of ether oxygens (including phenoxy) is 2. The molecule has 42 heavy (non-hydrogen) atoms. The van der Waals surface area contributed by atoms with Crippen molar-refractivity contribution < 1.29 is 23.8 Å². The second kappa shape index (κ2) is 12.1. The van der Waals surface area contributed by atoms with Gasteiger partial charge < -0.3 is 24.0 Å². The van der Waals surface area contributed by atoms with Gasteiger partial charge in [-0.2, -0.15) is 4.98 Å². The molecule has 4 heterocycles. The summed E-state index contributed by atoms with van der Waals surface area (Å²) in [5, 5.41) is 9.54. The number of hydrogen-bond donors (Lipinski definition) is 1. The van der Waals surface area contributed by atoms with E-state index in [9.17, 15) is 14.3 Å². The monoisotopic (exact) mass is 573 g/mol. The molecular weight excluding hydrogens is 537 g/mol. The number of carboxylic acids is 1. The highest BCUT2D eigenvalue weighted by atomic mass is 19.1. The van der Waals surface area contributed by atoms with Gasteiger partial charge in [-0.05, 0) is 63.6 Å². The lowest BCUT2D eigenvalue weighted by Gasteiger charge is -2.33. The average molecular weight is 574 g/mol. The number of hydrogen-bond acceptors (Lipinski definition) is 7. The molecule has 2 saturated heterocycles. The molecule has 220 valence electrons. The molecular formula is C32H36FN5O4. The highest BCUT2D eigenvalue weighted by molar-refractivity contribution is 5.92. The quantitative estimate of drug-likeness (QED) is 0.264. The summed E-state index contributed by atoms with van der Waals surface area (Å²) >= 11 is 0. The van der Waals surface area contributed by atoms with Crippen LogP contribution in [0.1, 0.15) is 47.9 Å². The zero-order valence-corrected chi connectivity index (χ0v) is 23.9. The van der Waals surface area contributed by atoms with Crippen molar-refractivity contribution in [1.82, 2.24) is 19.4 Å². The van der Waals surface area contributed by atoms with E-state index in [2.05, 4.69) is 28.3 Å². The lowest BCUT2D eigenvalue weighted by Crippen LogP contribution is -2.42. The Bertz CT molecular complexity index is 1570. The van der Waals surface area contributed by atoms with E-state index in [0.29, 0.717) is 30.6 Å². The Morgan fingerprint density at radius 3 is 2.71 bits per heavy atom.